The van der Waals surface area contributed by atoms with Crippen molar-refractivity contribution in [1.82, 2.24) is 5.32 Å². The molecule has 2 bridgehead atoms. The molecule has 0 amide bonds. The Bertz CT molecular complexity index is 178. The van der Waals surface area contributed by atoms with Gasteiger partial charge in [-0.25, -0.2) is 0 Å². The van der Waals surface area contributed by atoms with Crippen LogP contribution < -0.4 is 11.1 Å². The maximum Gasteiger partial charge on any atom is 0.0217 e. The molecule has 0 radical (unpaired) electrons. The van der Waals surface area contributed by atoms with Crippen LogP contribution in [-0.2, 0) is 0 Å². The van der Waals surface area contributed by atoms with Crippen molar-refractivity contribution in [3.63, 3.8) is 0 Å². The number of piperidine rings is 1. The molecule has 0 spiro atoms. The van der Waals surface area contributed by atoms with Crippen molar-refractivity contribution in [3.8, 4) is 0 Å². The van der Waals surface area contributed by atoms with Crippen molar-refractivity contribution in [1.29, 1.82) is 0 Å². The number of nitrogens with two attached hydrogens (primary N) is 1. The Labute approximate surface area is 61.2 Å². The summed E-state index contributed by atoms with van der Waals surface area (Å²) in [5.74, 6) is 0.839. The largest absolute Gasteiger partial charge is 0.325 e. The fraction of sp³-hybridized carbons (Fsp3) is 1.00. The van der Waals surface area contributed by atoms with E-state index in [1.807, 2.05) is 0 Å². The van der Waals surface area contributed by atoms with Gasteiger partial charge in [-0.2, -0.15) is 0 Å². The van der Waals surface area contributed by atoms with Gasteiger partial charge in [-0.1, -0.05) is 0 Å². The molecule has 2 heterocycles. The highest BCUT2D eigenvalue weighted by atomic mass is 15.1. The van der Waals surface area contributed by atoms with E-state index in [2.05, 4.69) is 5.32 Å². The van der Waals surface area contributed by atoms with Crippen LogP contribution in [0.25, 0.3) is 0 Å². The Hall–Kier alpha value is -0.0800. The van der Waals surface area contributed by atoms with E-state index in [-0.39, 0.29) is 5.54 Å². The Morgan fingerprint density at radius 3 is 3.10 bits per heavy atom. The van der Waals surface area contributed by atoms with Crippen LogP contribution >= 0.6 is 0 Å². The zero-order valence-corrected chi connectivity index (χ0v) is 6.14. The summed E-state index contributed by atoms with van der Waals surface area (Å²) in [5.41, 5.74) is 6.42. The van der Waals surface area contributed by atoms with E-state index in [9.17, 15) is 0 Å². The predicted octanol–water partition coefficient (Wildman–Crippen LogP) is 0.228. The van der Waals surface area contributed by atoms with Crippen LogP contribution in [0.2, 0.25) is 0 Å². The summed E-state index contributed by atoms with van der Waals surface area (Å²) in [6, 6.07) is 1.57. The third kappa shape index (κ3) is 0.523. The third-order valence-corrected chi connectivity index (χ3v) is 3.57. The van der Waals surface area contributed by atoms with Crippen molar-refractivity contribution >= 4 is 0 Å². The first-order valence-electron chi connectivity index (χ1n) is 4.33. The lowest BCUT2D eigenvalue weighted by Crippen LogP contribution is -2.45. The van der Waals surface area contributed by atoms with E-state index in [0.29, 0.717) is 0 Å². The van der Waals surface area contributed by atoms with Gasteiger partial charge in [0, 0.05) is 17.6 Å². The Kier molecular flexibility index (Phi) is 0.783. The minimum atomic E-state index is 0.289. The fourth-order valence-corrected chi connectivity index (χ4v) is 2.92. The van der Waals surface area contributed by atoms with E-state index >= 15 is 0 Å². The Morgan fingerprint density at radius 1 is 1.30 bits per heavy atom. The number of fused-ring (bicyclic) bond motifs is 4. The fourth-order valence-electron chi connectivity index (χ4n) is 2.92. The molecule has 3 fully saturated rings. The molecule has 0 aromatic rings. The van der Waals surface area contributed by atoms with Crippen molar-refractivity contribution in [3.05, 3.63) is 0 Å². The first-order valence-corrected chi connectivity index (χ1v) is 4.33. The molecule has 2 nitrogen and oxygen atoms in total. The molecule has 0 unspecified atom stereocenters. The molecule has 1 saturated carbocycles. The molecule has 2 aliphatic heterocycles. The second-order valence-corrected chi connectivity index (χ2v) is 4.30. The van der Waals surface area contributed by atoms with Crippen molar-refractivity contribution in [2.24, 2.45) is 11.7 Å². The summed E-state index contributed by atoms with van der Waals surface area (Å²) in [6.45, 7) is 0. The van der Waals surface area contributed by atoms with Crippen molar-refractivity contribution < 1.29 is 0 Å². The molecule has 3 rings (SSSR count). The number of hydrogen-bond donors (Lipinski definition) is 2. The lowest BCUT2D eigenvalue weighted by molar-refractivity contribution is 0.353. The minimum absolute atomic E-state index is 0.289. The lowest BCUT2D eigenvalue weighted by atomic mass is 10.0. The zero-order chi connectivity index (χ0) is 6.77. The van der Waals surface area contributed by atoms with Crippen LogP contribution in [0.15, 0.2) is 0 Å². The van der Waals surface area contributed by atoms with Crippen LogP contribution in [0.1, 0.15) is 25.7 Å². The molecule has 0 aromatic carbocycles. The molecule has 3 N–H and O–H groups in total. The molecule has 4 atom stereocenters. The molecule has 3 aliphatic rings. The summed E-state index contributed by atoms with van der Waals surface area (Å²) in [6.07, 6.45) is 5.30. The van der Waals surface area contributed by atoms with Gasteiger partial charge in [0.25, 0.3) is 0 Å². The zero-order valence-electron chi connectivity index (χ0n) is 6.14. The number of hydrogen-bond acceptors (Lipinski definition) is 2. The van der Waals surface area contributed by atoms with Gasteiger partial charge in [-0.15, -0.1) is 0 Å². The van der Waals surface area contributed by atoms with Crippen LogP contribution in [0.5, 0.6) is 0 Å². The SMILES string of the molecule is N[C@@]12C[C@H]3CC[C@H](N3)[C@@H]1C2. The minimum Gasteiger partial charge on any atom is -0.325 e. The van der Waals surface area contributed by atoms with Gasteiger partial charge in [0.1, 0.15) is 0 Å². The highest BCUT2D eigenvalue weighted by Gasteiger charge is 2.60. The summed E-state index contributed by atoms with van der Waals surface area (Å²) in [5, 5.41) is 3.63. The molecule has 56 valence electrons. The highest BCUT2D eigenvalue weighted by molar-refractivity contribution is 5.19. The highest BCUT2D eigenvalue weighted by Crippen LogP contribution is 2.53. The van der Waals surface area contributed by atoms with Crippen LogP contribution in [0.4, 0.5) is 0 Å². The molecular weight excluding hydrogens is 124 g/mol. The predicted molar refractivity (Wildman–Crippen MR) is 39.6 cm³/mol. The van der Waals surface area contributed by atoms with E-state index in [0.717, 1.165) is 18.0 Å². The first-order chi connectivity index (χ1) is 4.78. The first kappa shape index (κ1) is 5.56. The lowest BCUT2D eigenvalue weighted by Gasteiger charge is -2.25. The van der Waals surface area contributed by atoms with E-state index in [1.165, 1.54) is 25.7 Å². The topological polar surface area (TPSA) is 38.0 Å². The number of nitrogens with one attached hydrogen (secondary N) is 1. The molecule has 0 aromatic heterocycles. The summed E-state index contributed by atoms with van der Waals surface area (Å²) in [7, 11) is 0. The number of rotatable bonds is 0. The summed E-state index contributed by atoms with van der Waals surface area (Å²) >= 11 is 0. The standard InChI is InChI=1S/C8H14N2/c9-8-3-5-1-2-7(10-5)6(8)4-8/h5-7,10H,1-4,9H2/t5-,6+,7+,8-/m1/s1. The van der Waals surface area contributed by atoms with Crippen LogP contribution in [0.3, 0.4) is 0 Å². The van der Waals surface area contributed by atoms with Gasteiger partial charge in [0.2, 0.25) is 0 Å². The second kappa shape index (κ2) is 1.41. The molecule has 1 aliphatic carbocycles. The Morgan fingerprint density at radius 2 is 2.20 bits per heavy atom. The summed E-state index contributed by atoms with van der Waals surface area (Å²) in [4.78, 5) is 0. The quantitative estimate of drug-likeness (QED) is 0.503. The van der Waals surface area contributed by atoms with Crippen molar-refractivity contribution in [2.45, 2.75) is 43.3 Å². The molecule has 10 heavy (non-hydrogen) atoms. The third-order valence-electron chi connectivity index (χ3n) is 3.57. The van der Waals surface area contributed by atoms with Gasteiger partial charge >= 0.3 is 0 Å². The van der Waals surface area contributed by atoms with E-state index in [1.54, 1.807) is 0 Å². The van der Waals surface area contributed by atoms with Crippen LogP contribution in [-0.4, -0.2) is 17.6 Å². The van der Waals surface area contributed by atoms with E-state index in [4.69, 9.17) is 5.73 Å². The van der Waals surface area contributed by atoms with Crippen LogP contribution in [0, 0.1) is 5.92 Å². The van der Waals surface area contributed by atoms with Gasteiger partial charge in [0.15, 0.2) is 0 Å². The van der Waals surface area contributed by atoms with Crippen molar-refractivity contribution in [2.75, 3.05) is 0 Å². The van der Waals surface area contributed by atoms with Gasteiger partial charge in [-0.05, 0) is 31.6 Å². The molecular formula is C8H14N2. The monoisotopic (exact) mass is 138 g/mol. The normalized spacial score (nSPS) is 63.9. The molecule has 2 saturated heterocycles. The smallest absolute Gasteiger partial charge is 0.0217 e. The second-order valence-electron chi connectivity index (χ2n) is 4.30. The van der Waals surface area contributed by atoms with Gasteiger partial charge in [-0.3, -0.25) is 0 Å². The maximum atomic E-state index is 6.13. The average Bonchev–Trinajstić information content (AvgIpc) is 2.36. The summed E-state index contributed by atoms with van der Waals surface area (Å²) < 4.78 is 0. The van der Waals surface area contributed by atoms with Gasteiger partial charge < -0.3 is 11.1 Å². The Balaban J connectivity index is 1.92. The van der Waals surface area contributed by atoms with E-state index < -0.39 is 0 Å². The maximum absolute atomic E-state index is 6.13. The average molecular weight is 138 g/mol. The molecule has 2 heteroatoms. The van der Waals surface area contributed by atoms with Gasteiger partial charge in [0.05, 0.1) is 0 Å².